The lowest BCUT2D eigenvalue weighted by Crippen LogP contribution is -2.22. The van der Waals surface area contributed by atoms with E-state index in [9.17, 15) is 4.79 Å². The first-order valence-corrected chi connectivity index (χ1v) is 10.4. The molecule has 8 heteroatoms. The molecular weight excluding hydrogens is 470 g/mol. The van der Waals surface area contributed by atoms with Crippen LogP contribution in [0.1, 0.15) is 18.6 Å². The Balaban J connectivity index is 1.76. The predicted octanol–water partition coefficient (Wildman–Crippen LogP) is 5.52. The van der Waals surface area contributed by atoms with Crippen LogP contribution in [-0.2, 0) is 9.53 Å². The van der Waals surface area contributed by atoms with E-state index in [4.69, 9.17) is 21.1 Å². The van der Waals surface area contributed by atoms with Crippen molar-refractivity contribution in [2.75, 3.05) is 6.61 Å². The normalized spacial score (nSPS) is 12.0. The quantitative estimate of drug-likeness (QED) is 0.336. The fourth-order valence-electron chi connectivity index (χ4n) is 2.95. The van der Waals surface area contributed by atoms with Crippen LogP contribution in [0.25, 0.3) is 16.7 Å². The summed E-state index contributed by atoms with van der Waals surface area (Å²) in [6, 6.07) is 19.9. The minimum Gasteiger partial charge on any atom is -0.472 e. The highest BCUT2D eigenvalue weighted by Gasteiger charge is 2.26. The van der Waals surface area contributed by atoms with Gasteiger partial charge in [-0.05, 0) is 49.4 Å². The van der Waals surface area contributed by atoms with Crippen LogP contribution >= 0.6 is 27.5 Å². The summed E-state index contributed by atoms with van der Waals surface area (Å²) in [5.74, 6) is -0.0833. The molecule has 0 N–H and O–H groups in total. The molecule has 3 aromatic carbocycles. The Kier molecular flexibility index (Phi) is 6.01. The number of esters is 1. The molecule has 0 saturated heterocycles. The van der Waals surface area contributed by atoms with Gasteiger partial charge in [0.25, 0.3) is 0 Å². The van der Waals surface area contributed by atoms with Gasteiger partial charge in [-0.1, -0.05) is 51.8 Å². The zero-order chi connectivity index (χ0) is 21.1. The van der Waals surface area contributed by atoms with Gasteiger partial charge in [0.15, 0.2) is 0 Å². The fourth-order valence-corrected chi connectivity index (χ4v) is 3.38. The molecule has 0 aliphatic carbocycles. The van der Waals surface area contributed by atoms with Gasteiger partial charge in [-0.25, -0.2) is 4.79 Å². The summed E-state index contributed by atoms with van der Waals surface area (Å²) < 4.78 is 12.3. The number of aromatic nitrogens is 3. The molecule has 4 rings (SSSR count). The van der Waals surface area contributed by atoms with Crippen LogP contribution in [0.5, 0.6) is 5.75 Å². The number of nitrogens with zero attached hydrogens (tertiary/aromatic N) is 3. The number of hydrogen-bond donors (Lipinski definition) is 0. The molecule has 152 valence electrons. The van der Waals surface area contributed by atoms with Crippen molar-refractivity contribution in [2.24, 2.45) is 0 Å². The molecule has 4 aromatic rings. The molecule has 0 fully saturated rings. The van der Waals surface area contributed by atoms with Gasteiger partial charge in [0.1, 0.15) is 22.5 Å². The van der Waals surface area contributed by atoms with Gasteiger partial charge in [-0.2, -0.15) is 0 Å². The zero-order valence-corrected chi connectivity index (χ0v) is 18.3. The van der Waals surface area contributed by atoms with E-state index in [-0.39, 0.29) is 6.61 Å². The second-order valence-corrected chi connectivity index (χ2v) is 7.74. The highest BCUT2D eigenvalue weighted by Crippen LogP contribution is 2.31. The maximum Gasteiger partial charge on any atom is 0.352 e. The molecule has 1 aromatic heterocycles. The molecule has 1 unspecified atom stereocenters. The second-order valence-electron chi connectivity index (χ2n) is 6.39. The summed E-state index contributed by atoms with van der Waals surface area (Å²) in [7, 11) is 0. The van der Waals surface area contributed by atoms with Crippen LogP contribution in [0.3, 0.4) is 0 Å². The molecule has 0 bridgehead atoms. The molecule has 30 heavy (non-hydrogen) atoms. The fraction of sp³-hybridized carbons (Fsp3) is 0.136. The van der Waals surface area contributed by atoms with Crippen molar-refractivity contribution < 1.29 is 14.3 Å². The third kappa shape index (κ3) is 4.32. The maximum absolute atomic E-state index is 12.7. The van der Waals surface area contributed by atoms with Gasteiger partial charge in [0, 0.05) is 15.1 Å². The summed E-state index contributed by atoms with van der Waals surface area (Å²) in [6.45, 7) is 2.00. The van der Waals surface area contributed by atoms with Gasteiger partial charge in [0.2, 0.25) is 6.10 Å². The monoisotopic (exact) mass is 485 g/mol. The van der Waals surface area contributed by atoms with Crippen LogP contribution in [-0.4, -0.2) is 27.6 Å². The van der Waals surface area contributed by atoms with Crippen molar-refractivity contribution in [1.82, 2.24) is 15.0 Å². The van der Waals surface area contributed by atoms with Crippen molar-refractivity contribution in [1.29, 1.82) is 0 Å². The van der Waals surface area contributed by atoms with Gasteiger partial charge in [-0.15, -0.1) is 15.0 Å². The van der Waals surface area contributed by atoms with Crippen molar-refractivity contribution >= 4 is 44.5 Å². The first-order chi connectivity index (χ1) is 14.5. The topological polar surface area (TPSA) is 66.2 Å². The Hall–Kier alpha value is -2.90. The molecular formula is C22H17BrClN3O3. The van der Waals surface area contributed by atoms with Gasteiger partial charge >= 0.3 is 5.97 Å². The van der Waals surface area contributed by atoms with Gasteiger partial charge in [0.05, 0.1) is 6.61 Å². The van der Waals surface area contributed by atoms with Crippen molar-refractivity contribution in [2.45, 2.75) is 13.0 Å². The zero-order valence-electron chi connectivity index (χ0n) is 16.0. The van der Waals surface area contributed by atoms with Crippen LogP contribution in [0.15, 0.2) is 71.2 Å². The standard InChI is InChI=1S/C22H17BrClN3O3/c1-2-29-22(28)21(14-7-9-15(23)10-8-14)30-20-12-11-16(24)13-19(20)27-25-17-5-3-4-6-18(17)26-27/h3-13,21H,2H2,1H3. The number of rotatable bonds is 6. The van der Waals surface area contributed by atoms with Gasteiger partial charge < -0.3 is 9.47 Å². The number of carbonyl (C=O) groups is 1. The van der Waals surface area contributed by atoms with E-state index in [1.807, 2.05) is 48.5 Å². The van der Waals surface area contributed by atoms with Crippen molar-refractivity contribution in [3.63, 3.8) is 0 Å². The maximum atomic E-state index is 12.7. The third-order valence-electron chi connectivity index (χ3n) is 4.34. The Morgan fingerprint density at radius 2 is 1.73 bits per heavy atom. The van der Waals surface area contributed by atoms with E-state index in [2.05, 4.69) is 26.1 Å². The summed E-state index contributed by atoms with van der Waals surface area (Å²) in [6.07, 6.45) is -0.956. The van der Waals surface area contributed by atoms with E-state index >= 15 is 0 Å². The Labute approximate surface area is 186 Å². The van der Waals surface area contributed by atoms with E-state index in [0.29, 0.717) is 22.0 Å². The molecule has 0 saturated carbocycles. The Bertz CT molecular complexity index is 1160. The molecule has 1 atom stereocenters. The summed E-state index contributed by atoms with van der Waals surface area (Å²) in [5.41, 5.74) is 2.65. The predicted molar refractivity (Wildman–Crippen MR) is 118 cm³/mol. The molecule has 6 nitrogen and oxygen atoms in total. The highest BCUT2D eigenvalue weighted by molar-refractivity contribution is 9.10. The molecule has 0 aliphatic heterocycles. The molecule has 0 radical (unpaired) electrons. The lowest BCUT2D eigenvalue weighted by molar-refractivity contribution is -0.151. The first-order valence-electron chi connectivity index (χ1n) is 9.26. The second kappa shape index (κ2) is 8.85. The Morgan fingerprint density at radius 3 is 2.37 bits per heavy atom. The van der Waals surface area contributed by atoms with E-state index < -0.39 is 12.1 Å². The molecule has 0 amide bonds. The van der Waals surface area contributed by atoms with E-state index in [1.165, 1.54) is 4.80 Å². The summed E-state index contributed by atoms with van der Waals surface area (Å²) in [5, 5.41) is 9.50. The van der Waals surface area contributed by atoms with E-state index in [1.54, 1.807) is 25.1 Å². The first kappa shape index (κ1) is 20.4. The summed E-state index contributed by atoms with van der Waals surface area (Å²) in [4.78, 5) is 14.1. The number of carbonyl (C=O) groups excluding carboxylic acids is 1. The van der Waals surface area contributed by atoms with Gasteiger partial charge in [-0.3, -0.25) is 0 Å². The molecule has 0 aliphatic rings. The van der Waals surface area contributed by atoms with Crippen LogP contribution < -0.4 is 4.74 Å². The number of benzene rings is 3. The minimum absolute atomic E-state index is 0.245. The average molecular weight is 487 g/mol. The Morgan fingerprint density at radius 1 is 1.07 bits per heavy atom. The molecule has 0 spiro atoms. The van der Waals surface area contributed by atoms with E-state index in [0.717, 1.165) is 15.5 Å². The largest absolute Gasteiger partial charge is 0.472 e. The molecule has 1 heterocycles. The average Bonchev–Trinajstić information content (AvgIpc) is 3.18. The minimum atomic E-state index is -0.956. The number of fused-ring (bicyclic) bond motifs is 1. The lowest BCUT2D eigenvalue weighted by Gasteiger charge is -2.20. The smallest absolute Gasteiger partial charge is 0.352 e. The number of halogens is 2. The lowest BCUT2D eigenvalue weighted by atomic mass is 10.1. The van der Waals surface area contributed by atoms with Crippen LogP contribution in [0, 0.1) is 0 Å². The SMILES string of the molecule is CCOC(=O)C(Oc1ccc(Cl)cc1-n1nc2ccccc2n1)c1ccc(Br)cc1. The third-order valence-corrected chi connectivity index (χ3v) is 5.11. The summed E-state index contributed by atoms with van der Waals surface area (Å²) >= 11 is 9.63. The highest BCUT2D eigenvalue weighted by atomic mass is 79.9. The van der Waals surface area contributed by atoms with Crippen molar-refractivity contribution in [3.8, 4) is 11.4 Å². The number of ether oxygens (including phenoxy) is 2. The number of hydrogen-bond acceptors (Lipinski definition) is 5. The van der Waals surface area contributed by atoms with Crippen LogP contribution in [0.2, 0.25) is 5.02 Å². The van der Waals surface area contributed by atoms with Crippen LogP contribution in [0.4, 0.5) is 0 Å². The van der Waals surface area contributed by atoms with Crippen molar-refractivity contribution in [3.05, 3.63) is 81.8 Å².